The molecule has 1 aliphatic heterocycles. The zero-order valence-electron chi connectivity index (χ0n) is 19.5. The summed E-state index contributed by atoms with van der Waals surface area (Å²) in [7, 11) is -2.92. The highest BCUT2D eigenvalue weighted by Gasteiger charge is 2.49. The summed E-state index contributed by atoms with van der Waals surface area (Å²) in [5, 5.41) is 12.4. The minimum Gasteiger partial charge on any atom is -0.394 e. The number of methoxy groups -OCH3 is 1. The predicted octanol–water partition coefficient (Wildman–Crippen LogP) is 1.48. The van der Waals surface area contributed by atoms with E-state index in [1.54, 1.807) is 42.5 Å². The zero-order chi connectivity index (χ0) is 25.9. The van der Waals surface area contributed by atoms with Crippen LogP contribution >= 0.6 is 0 Å². The van der Waals surface area contributed by atoms with Gasteiger partial charge in [-0.1, -0.05) is 35.9 Å². The van der Waals surface area contributed by atoms with Gasteiger partial charge in [0.05, 0.1) is 11.5 Å². The molecular weight excluding hydrogens is 490 g/mol. The summed E-state index contributed by atoms with van der Waals surface area (Å²) in [6.07, 6.45) is -3.25. The van der Waals surface area contributed by atoms with Crippen molar-refractivity contribution in [2.75, 3.05) is 19.0 Å². The van der Waals surface area contributed by atoms with Gasteiger partial charge in [0.15, 0.2) is 6.23 Å². The number of aliphatic hydroxyl groups is 1. The van der Waals surface area contributed by atoms with E-state index in [2.05, 4.69) is 10.3 Å². The molecule has 1 amide bonds. The van der Waals surface area contributed by atoms with Crippen molar-refractivity contribution < 1.29 is 32.0 Å². The van der Waals surface area contributed by atoms with E-state index in [0.29, 0.717) is 5.56 Å². The number of aliphatic hydroxyl groups excluding tert-OH is 1. The van der Waals surface area contributed by atoms with Crippen LogP contribution in [0.15, 0.2) is 76.6 Å². The van der Waals surface area contributed by atoms with Crippen molar-refractivity contribution in [1.82, 2.24) is 9.55 Å². The first-order chi connectivity index (χ1) is 17.2. The summed E-state index contributed by atoms with van der Waals surface area (Å²) in [5.74, 6) is -0.423. The number of rotatable bonds is 8. The van der Waals surface area contributed by atoms with Crippen LogP contribution in [0, 0.1) is 6.92 Å². The molecule has 1 saturated heterocycles. The van der Waals surface area contributed by atoms with Crippen molar-refractivity contribution >= 4 is 21.8 Å². The molecule has 4 rings (SSSR count). The second kappa shape index (κ2) is 10.7. The number of anilines is 1. The Morgan fingerprint density at radius 2 is 1.81 bits per heavy atom. The number of nitrogens with zero attached hydrogens (tertiary/aromatic N) is 2. The Balaban J connectivity index is 1.56. The van der Waals surface area contributed by atoms with E-state index in [1.165, 1.54) is 31.5 Å². The molecule has 4 atom stereocenters. The Kier molecular flexibility index (Phi) is 7.62. The number of hydrogen-bond donors (Lipinski definition) is 2. The molecule has 0 aliphatic carbocycles. The molecule has 0 saturated carbocycles. The summed E-state index contributed by atoms with van der Waals surface area (Å²) in [6.45, 7) is 1.23. The van der Waals surface area contributed by atoms with Gasteiger partial charge in [-0.2, -0.15) is 13.4 Å². The number of benzene rings is 2. The number of aromatic nitrogens is 2. The third-order valence-electron chi connectivity index (χ3n) is 5.67. The second-order valence-corrected chi connectivity index (χ2v) is 9.67. The average Bonchev–Trinajstić information content (AvgIpc) is 3.21. The predicted molar refractivity (Wildman–Crippen MR) is 128 cm³/mol. The van der Waals surface area contributed by atoms with Gasteiger partial charge in [-0.25, -0.2) is 4.79 Å². The number of amides is 1. The molecule has 1 aromatic heterocycles. The molecule has 36 heavy (non-hydrogen) atoms. The summed E-state index contributed by atoms with van der Waals surface area (Å²) in [6, 6.07) is 15.9. The second-order valence-electron chi connectivity index (χ2n) is 8.10. The third kappa shape index (κ3) is 5.37. The first-order valence-electron chi connectivity index (χ1n) is 11.0. The van der Waals surface area contributed by atoms with Crippen LogP contribution in [0.3, 0.4) is 0 Å². The fourth-order valence-electron chi connectivity index (χ4n) is 3.81. The normalized spacial score (nSPS) is 21.9. The molecule has 3 aromatic rings. The lowest BCUT2D eigenvalue weighted by molar-refractivity contribution is -0.0624. The van der Waals surface area contributed by atoms with Crippen molar-refractivity contribution in [3.05, 3.63) is 88.5 Å². The molecule has 1 fully saturated rings. The Bertz CT molecular complexity index is 1380. The van der Waals surface area contributed by atoms with Crippen LogP contribution in [0.1, 0.15) is 22.1 Å². The standard InChI is InChI=1S/C24H25N3O8S/c1-15-8-10-17(11-9-15)36(31,32)35-20-18(14-28)34-23(21(20)33-2)27-13-12-19(26-24(27)30)25-22(29)16-6-4-3-5-7-16/h3-13,18,20-21,23,28H,14H2,1-2H3,(H,25,26,29,30)/t18-,20-,21-,23-/m1/s1. The molecule has 2 heterocycles. The molecule has 0 spiro atoms. The van der Waals surface area contributed by atoms with Gasteiger partial charge in [-0.05, 0) is 37.3 Å². The molecule has 2 aromatic carbocycles. The van der Waals surface area contributed by atoms with Crippen molar-refractivity contribution in [3.8, 4) is 0 Å². The van der Waals surface area contributed by atoms with Crippen molar-refractivity contribution in [2.24, 2.45) is 0 Å². The SMILES string of the molecule is CO[C@@H]1[C@H](OS(=O)(=O)c2ccc(C)cc2)[C@@H](CO)O[C@H]1n1ccc(NC(=O)c2ccccc2)nc1=O. The van der Waals surface area contributed by atoms with E-state index in [4.69, 9.17) is 13.7 Å². The van der Waals surface area contributed by atoms with Crippen LogP contribution in [0.5, 0.6) is 0 Å². The van der Waals surface area contributed by atoms with E-state index in [9.17, 15) is 23.1 Å². The monoisotopic (exact) mass is 515 g/mol. The highest BCUT2D eigenvalue weighted by atomic mass is 32.2. The van der Waals surface area contributed by atoms with Crippen LogP contribution in [0.2, 0.25) is 0 Å². The van der Waals surface area contributed by atoms with Crippen molar-refractivity contribution in [3.63, 3.8) is 0 Å². The van der Waals surface area contributed by atoms with Crippen LogP contribution < -0.4 is 11.0 Å². The zero-order valence-corrected chi connectivity index (χ0v) is 20.3. The number of carbonyl (C=O) groups is 1. The number of aryl methyl sites for hydroxylation is 1. The number of hydrogen-bond acceptors (Lipinski definition) is 9. The first kappa shape index (κ1) is 25.7. The topological polar surface area (TPSA) is 146 Å². The Morgan fingerprint density at radius 3 is 2.42 bits per heavy atom. The highest BCUT2D eigenvalue weighted by Crippen LogP contribution is 2.34. The lowest BCUT2D eigenvalue weighted by Gasteiger charge is -2.23. The fraction of sp³-hybridized carbons (Fsp3) is 0.292. The van der Waals surface area contributed by atoms with E-state index in [0.717, 1.165) is 10.1 Å². The fourth-order valence-corrected chi connectivity index (χ4v) is 4.91. The van der Waals surface area contributed by atoms with Gasteiger partial charge in [-0.3, -0.25) is 13.5 Å². The minimum absolute atomic E-state index is 0.0190. The lowest BCUT2D eigenvalue weighted by atomic mass is 10.1. The maximum absolute atomic E-state index is 12.9. The largest absolute Gasteiger partial charge is 0.394 e. The highest BCUT2D eigenvalue weighted by molar-refractivity contribution is 7.86. The third-order valence-corrected chi connectivity index (χ3v) is 6.99. The Morgan fingerprint density at radius 1 is 1.11 bits per heavy atom. The number of carbonyl (C=O) groups excluding carboxylic acids is 1. The van der Waals surface area contributed by atoms with Crippen LogP contribution in [-0.2, 0) is 23.8 Å². The number of nitrogens with one attached hydrogen (secondary N) is 1. The summed E-state index contributed by atoms with van der Waals surface area (Å²) in [4.78, 5) is 29.0. The average molecular weight is 516 g/mol. The van der Waals surface area contributed by atoms with E-state index in [1.807, 2.05) is 6.92 Å². The van der Waals surface area contributed by atoms with Gasteiger partial charge in [-0.15, -0.1) is 0 Å². The molecular formula is C24H25N3O8S. The molecule has 1 aliphatic rings. The van der Waals surface area contributed by atoms with E-state index >= 15 is 0 Å². The summed E-state index contributed by atoms with van der Waals surface area (Å²) >= 11 is 0. The smallest absolute Gasteiger partial charge is 0.351 e. The minimum atomic E-state index is -4.23. The van der Waals surface area contributed by atoms with Crippen molar-refractivity contribution in [1.29, 1.82) is 0 Å². The maximum Gasteiger partial charge on any atom is 0.351 e. The molecule has 12 heteroatoms. The van der Waals surface area contributed by atoms with Crippen LogP contribution in [0.25, 0.3) is 0 Å². The van der Waals surface area contributed by atoms with Crippen LogP contribution in [-0.4, -0.2) is 61.0 Å². The van der Waals surface area contributed by atoms with Gasteiger partial charge in [0, 0.05) is 18.9 Å². The Labute approximate surface area is 207 Å². The molecule has 0 unspecified atom stereocenters. The van der Waals surface area contributed by atoms with Gasteiger partial charge < -0.3 is 19.9 Å². The van der Waals surface area contributed by atoms with Gasteiger partial charge in [0.2, 0.25) is 0 Å². The number of ether oxygens (including phenoxy) is 2. The van der Waals surface area contributed by atoms with Crippen molar-refractivity contribution in [2.45, 2.75) is 36.4 Å². The molecule has 190 valence electrons. The quantitative estimate of drug-likeness (QED) is 0.426. The molecule has 0 bridgehead atoms. The van der Waals surface area contributed by atoms with Gasteiger partial charge in [0.25, 0.3) is 16.0 Å². The summed E-state index contributed by atoms with van der Waals surface area (Å²) in [5.41, 5.74) is 0.478. The Hall–Kier alpha value is -3.42. The summed E-state index contributed by atoms with van der Waals surface area (Å²) < 4.78 is 43.4. The van der Waals surface area contributed by atoms with E-state index in [-0.39, 0.29) is 10.7 Å². The molecule has 2 N–H and O–H groups in total. The maximum atomic E-state index is 12.9. The first-order valence-corrected chi connectivity index (χ1v) is 12.4. The van der Waals surface area contributed by atoms with Crippen LogP contribution in [0.4, 0.5) is 5.82 Å². The van der Waals surface area contributed by atoms with Gasteiger partial charge >= 0.3 is 5.69 Å². The van der Waals surface area contributed by atoms with Gasteiger partial charge in [0.1, 0.15) is 24.1 Å². The molecule has 11 nitrogen and oxygen atoms in total. The molecule has 0 radical (unpaired) electrons. The lowest BCUT2D eigenvalue weighted by Crippen LogP contribution is -2.40. The van der Waals surface area contributed by atoms with E-state index < -0.39 is 52.9 Å².